The molecule has 274 valence electrons. The van der Waals surface area contributed by atoms with Gasteiger partial charge in [0.1, 0.15) is 6.61 Å². The first-order valence-corrected chi connectivity index (χ1v) is 18.9. The Labute approximate surface area is 288 Å². The van der Waals surface area contributed by atoms with E-state index in [1.807, 2.05) is 21.1 Å². The number of esters is 2. The smallest absolute Gasteiger partial charge is 0.362 e. The first-order valence-electron chi connectivity index (χ1n) is 18.9. The molecule has 8 nitrogen and oxygen atoms in total. The molecule has 1 N–H and O–H groups in total. The lowest BCUT2D eigenvalue weighted by atomic mass is 10.1. The topological polar surface area (TPSA) is 99.1 Å². The summed E-state index contributed by atoms with van der Waals surface area (Å²) in [7, 11) is 5.51. The number of likely N-dealkylation sites (N-methyl/N-ethyl adjacent to an activating group) is 1. The molecule has 0 spiro atoms. The predicted molar refractivity (Wildman–Crippen MR) is 192 cm³/mol. The lowest BCUT2D eigenvalue weighted by Crippen LogP contribution is -2.50. The minimum atomic E-state index is -0.877. The molecule has 0 heterocycles. The summed E-state index contributed by atoms with van der Waals surface area (Å²) in [4.78, 5) is 36.7. The van der Waals surface area contributed by atoms with Gasteiger partial charge in [0.25, 0.3) is 0 Å². The number of hydrogen-bond acceptors (Lipinski definition) is 6. The van der Waals surface area contributed by atoms with Crippen LogP contribution in [0.5, 0.6) is 0 Å². The number of carbonyl (C=O) groups is 3. The van der Waals surface area contributed by atoms with Gasteiger partial charge in [-0.1, -0.05) is 122 Å². The number of nitrogens with zero attached hydrogens (tertiary/aromatic N) is 1. The van der Waals surface area contributed by atoms with Crippen LogP contribution >= 0.6 is 0 Å². The van der Waals surface area contributed by atoms with Crippen LogP contribution in [0, 0.1) is 0 Å². The van der Waals surface area contributed by atoms with Crippen LogP contribution in [0.1, 0.15) is 155 Å². The highest BCUT2D eigenvalue weighted by Crippen LogP contribution is 2.14. The van der Waals surface area contributed by atoms with E-state index in [1.54, 1.807) is 0 Å². The highest BCUT2D eigenvalue weighted by Gasteiger charge is 2.31. The molecule has 0 aliphatic heterocycles. The largest absolute Gasteiger partial charge is 0.477 e. The van der Waals surface area contributed by atoms with Crippen molar-refractivity contribution in [3.8, 4) is 0 Å². The molecule has 0 amide bonds. The lowest BCUT2D eigenvalue weighted by Gasteiger charge is -2.31. The average molecular weight is 667 g/mol. The Bertz CT molecular complexity index is 834. The number of unbranched alkanes of at least 4 members (excludes halogenated alkanes) is 15. The fourth-order valence-electron chi connectivity index (χ4n) is 5.42. The van der Waals surface area contributed by atoms with Gasteiger partial charge in [0.15, 0.2) is 12.1 Å². The van der Waals surface area contributed by atoms with Crippen molar-refractivity contribution in [3.63, 3.8) is 0 Å². The van der Waals surface area contributed by atoms with E-state index < -0.39 is 18.1 Å². The standard InChI is InChI=1S/C39H71NO7/c1-6-8-10-12-14-16-17-18-19-20-22-24-26-28-30-38(42)47-35(33-45-32-31-36(39(43)44)40(3,4)5)34-46-37(41)29-27-25-23-21-15-13-11-9-7-2/h8,10,14,16,35-36H,6-7,9,11-13,15,17-34H2,1-5H3/p+1/b10-8+,16-14+. The van der Waals surface area contributed by atoms with Crippen molar-refractivity contribution in [2.24, 2.45) is 0 Å². The second kappa shape index (κ2) is 31.1. The van der Waals surface area contributed by atoms with Crippen molar-refractivity contribution in [2.75, 3.05) is 41.0 Å². The van der Waals surface area contributed by atoms with Crippen LogP contribution in [0.2, 0.25) is 0 Å². The Morgan fingerprint density at radius 2 is 1.19 bits per heavy atom. The van der Waals surface area contributed by atoms with Gasteiger partial charge >= 0.3 is 17.9 Å². The van der Waals surface area contributed by atoms with Crippen molar-refractivity contribution in [3.05, 3.63) is 24.3 Å². The molecule has 0 bridgehead atoms. The van der Waals surface area contributed by atoms with Gasteiger partial charge in [-0.2, -0.15) is 0 Å². The summed E-state index contributed by atoms with van der Waals surface area (Å²) in [6.07, 6.45) is 30.8. The zero-order valence-electron chi connectivity index (χ0n) is 31.0. The summed E-state index contributed by atoms with van der Waals surface area (Å²) in [5.74, 6) is -1.48. The second-order valence-corrected chi connectivity index (χ2v) is 13.8. The van der Waals surface area contributed by atoms with Gasteiger partial charge in [-0.15, -0.1) is 0 Å². The summed E-state index contributed by atoms with van der Waals surface area (Å²) in [6.45, 7) is 4.59. The highest BCUT2D eigenvalue weighted by molar-refractivity contribution is 5.72. The first kappa shape index (κ1) is 44.8. The van der Waals surface area contributed by atoms with E-state index in [-0.39, 0.29) is 36.2 Å². The van der Waals surface area contributed by atoms with Gasteiger partial charge in [0.05, 0.1) is 34.4 Å². The van der Waals surface area contributed by atoms with Crippen LogP contribution in [0.4, 0.5) is 0 Å². The van der Waals surface area contributed by atoms with Crippen molar-refractivity contribution >= 4 is 17.9 Å². The Hall–Kier alpha value is -2.19. The number of carboxylic acids is 1. The van der Waals surface area contributed by atoms with Crippen molar-refractivity contribution in [1.82, 2.24) is 0 Å². The molecule has 0 saturated heterocycles. The molecule has 0 rings (SSSR count). The molecule has 0 fully saturated rings. The van der Waals surface area contributed by atoms with Gasteiger partial charge in [0.2, 0.25) is 0 Å². The van der Waals surface area contributed by atoms with Crippen LogP contribution in [0.15, 0.2) is 24.3 Å². The molecule has 0 radical (unpaired) electrons. The Kier molecular flexibility index (Phi) is 29.7. The van der Waals surface area contributed by atoms with Gasteiger partial charge in [-0.3, -0.25) is 9.59 Å². The third-order valence-corrected chi connectivity index (χ3v) is 8.37. The molecular weight excluding hydrogens is 594 g/mol. The molecular formula is C39H72NO7+. The highest BCUT2D eigenvalue weighted by atomic mass is 16.6. The molecule has 8 heteroatoms. The Balaban J connectivity index is 4.42. The lowest BCUT2D eigenvalue weighted by molar-refractivity contribution is -0.887. The van der Waals surface area contributed by atoms with E-state index in [2.05, 4.69) is 38.2 Å². The number of hydrogen-bond donors (Lipinski definition) is 1. The molecule has 2 atom stereocenters. The van der Waals surface area contributed by atoms with Crippen molar-refractivity contribution in [1.29, 1.82) is 0 Å². The minimum Gasteiger partial charge on any atom is -0.477 e. The number of quaternary nitrogens is 1. The average Bonchev–Trinajstić information content (AvgIpc) is 3.01. The summed E-state index contributed by atoms with van der Waals surface area (Å²) >= 11 is 0. The molecule has 2 unspecified atom stereocenters. The van der Waals surface area contributed by atoms with Crippen LogP contribution in [-0.2, 0) is 28.6 Å². The third kappa shape index (κ3) is 29.7. The molecule has 0 aliphatic rings. The van der Waals surface area contributed by atoms with Crippen molar-refractivity contribution in [2.45, 2.75) is 167 Å². The first-order chi connectivity index (χ1) is 22.6. The number of rotatable bonds is 33. The van der Waals surface area contributed by atoms with Crippen LogP contribution in [-0.4, -0.2) is 80.6 Å². The predicted octanol–water partition coefficient (Wildman–Crippen LogP) is 9.35. The third-order valence-electron chi connectivity index (χ3n) is 8.37. The number of carbonyl (C=O) groups excluding carboxylic acids is 2. The molecule has 0 aromatic carbocycles. The number of ether oxygens (including phenoxy) is 3. The van der Waals surface area contributed by atoms with Gasteiger partial charge in [-0.05, 0) is 38.5 Å². The fourth-order valence-corrected chi connectivity index (χ4v) is 5.42. The van der Waals surface area contributed by atoms with E-state index >= 15 is 0 Å². The van der Waals surface area contributed by atoms with Crippen LogP contribution in [0.25, 0.3) is 0 Å². The normalized spacial score (nSPS) is 13.3. The van der Waals surface area contributed by atoms with Gasteiger partial charge < -0.3 is 23.8 Å². The quantitative estimate of drug-likeness (QED) is 0.0322. The maximum absolute atomic E-state index is 12.6. The van der Waals surface area contributed by atoms with E-state index in [0.29, 0.717) is 19.3 Å². The molecule has 0 aliphatic carbocycles. The second-order valence-electron chi connectivity index (χ2n) is 13.8. The van der Waals surface area contributed by atoms with Crippen molar-refractivity contribution < 1.29 is 38.2 Å². The summed E-state index contributed by atoms with van der Waals surface area (Å²) in [5.41, 5.74) is 0. The molecule has 47 heavy (non-hydrogen) atoms. The molecule has 0 aromatic rings. The molecule has 0 aromatic heterocycles. The zero-order chi connectivity index (χ0) is 35.0. The van der Waals surface area contributed by atoms with E-state index in [1.165, 1.54) is 64.2 Å². The fraction of sp³-hybridized carbons (Fsp3) is 0.821. The van der Waals surface area contributed by atoms with Gasteiger partial charge in [-0.25, -0.2) is 4.79 Å². The Morgan fingerprint density at radius 3 is 1.74 bits per heavy atom. The van der Waals surface area contributed by atoms with Crippen LogP contribution < -0.4 is 0 Å². The van der Waals surface area contributed by atoms with Gasteiger partial charge in [0, 0.05) is 19.3 Å². The maximum atomic E-state index is 12.6. The summed E-state index contributed by atoms with van der Waals surface area (Å²) in [5, 5.41) is 9.57. The number of allylic oxidation sites excluding steroid dienone is 4. The minimum absolute atomic E-state index is 0.0513. The monoisotopic (exact) mass is 667 g/mol. The Morgan fingerprint density at radius 1 is 0.660 bits per heavy atom. The van der Waals surface area contributed by atoms with E-state index in [9.17, 15) is 19.5 Å². The number of aliphatic carboxylic acids is 1. The molecule has 0 saturated carbocycles. The van der Waals surface area contributed by atoms with Crippen LogP contribution in [0.3, 0.4) is 0 Å². The van der Waals surface area contributed by atoms with E-state index in [0.717, 1.165) is 57.8 Å². The zero-order valence-corrected chi connectivity index (χ0v) is 31.0. The van der Waals surface area contributed by atoms with E-state index in [4.69, 9.17) is 14.2 Å². The number of carboxylic acid groups (broad SMARTS) is 1. The summed E-state index contributed by atoms with van der Waals surface area (Å²) in [6, 6.07) is -0.611. The SMILES string of the molecule is CC/C=C/C/C=C/CCCCCCCCCC(=O)OC(COCCC(C(=O)O)[N+](C)(C)C)COC(=O)CCCCCCCCCCC. The summed E-state index contributed by atoms with van der Waals surface area (Å²) < 4.78 is 17.2. The maximum Gasteiger partial charge on any atom is 0.362 e.